The van der Waals surface area contributed by atoms with Gasteiger partial charge in [-0.05, 0) is 12.5 Å². The lowest BCUT2D eigenvalue weighted by molar-refractivity contribution is 0.174. The lowest BCUT2D eigenvalue weighted by atomic mass is 10.3. The zero-order chi connectivity index (χ0) is 9.97. The molecule has 14 heavy (non-hydrogen) atoms. The quantitative estimate of drug-likeness (QED) is 0.671. The van der Waals surface area contributed by atoms with Gasteiger partial charge in [0.1, 0.15) is 11.6 Å². The first-order valence-electron chi connectivity index (χ1n) is 4.72. The van der Waals surface area contributed by atoms with E-state index in [0.717, 1.165) is 18.8 Å². The summed E-state index contributed by atoms with van der Waals surface area (Å²) in [5.41, 5.74) is 5.54. The van der Waals surface area contributed by atoms with E-state index in [2.05, 4.69) is 14.9 Å². The highest BCUT2D eigenvalue weighted by molar-refractivity contribution is 5.24. The Labute approximate surface area is 82.6 Å². The van der Waals surface area contributed by atoms with Crippen molar-refractivity contribution < 1.29 is 5.11 Å². The van der Waals surface area contributed by atoms with Crippen LogP contribution in [0.3, 0.4) is 0 Å². The lowest BCUT2D eigenvalue weighted by Crippen LogP contribution is -2.22. The molecular weight excluding hydrogens is 180 g/mol. The molecule has 0 radical (unpaired) electrons. The monoisotopic (exact) mass is 194 g/mol. The first-order chi connectivity index (χ1) is 6.74. The molecule has 2 rings (SSSR count). The topological polar surface area (TPSA) is 75.3 Å². The fourth-order valence-corrected chi connectivity index (χ4v) is 1.65. The van der Waals surface area contributed by atoms with Crippen LogP contribution in [0.2, 0.25) is 0 Å². The third kappa shape index (κ3) is 2.18. The third-order valence-corrected chi connectivity index (χ3v) is 2.34. The van der Waals surface area contributed by atoms with E-state index in [1.165, 1.54) is 0 Å². The number of nitrogen functional groups attached to an aromatic ring is 1. The molecule has 0 amide bonds. The molecule has 0 aliphatic carbocycles. The van der Waals surface area contributed by atoms with Gasteiger partial charge in [-0.2, -0.15) is 0 Å². The molecule has 5 heteroatoms. The Hall–Kier alpha value is -1.20. The molecule has 2 heterocycles. The molecule has 1 aromatic heterocycles. The average molecular weight is 194 g/mol. The van der Waals surface area contributed by atoms with Crippen molar-refractivity contribution in [3.8, 4) is 0 Å². The van der Waals surface area contributed by atoms with Crippen LogP contribution in [-0.4, -0.2) is 39.2 Å². The maximum Gasteiger partial charge on any atom is 0.144 e. The van der Waals surface area contributed by atoms with Crippen LogP contribution in [-0.2, 0) is 6.54 Å². The number of rotatable bonds is 2. The molecule has 1 fully saturated rings. The van der Waals surface area contributed by atoms with Crippen molar-refractivity contribution in [2.75, 3.05) is 18.8 Å². The van der Waals surface area contributed by atoms with Crippen LogP contribution in [0.25, 0.3) is 0 Å². The Bertz CT molecular complexity index is 317. The Morgan fingerprint density at radius 2 is 2.50 bits per heavy atom. The Kier molecular flexibility index (Phi) is 2.60. The second kappa shape index (κ2) is 3.89. The highest BCUT2D eigenvalue weighted by Gasteiger charge is 2.20. The minimum Gasteiger partial charge on any atom is -0.392 e. The summed E-state index contributed by atoms with van der Waals surface area (Å²) in [6.45, 7) is 2.28. The number of likely N-dealkylation sites (tertiary alicyclic amines) is 1. The standard InChI is InChI=1S/C9H14N4O/c10-8-1-3-11-9(12-8)6-13-4-2-7(14)5-13/h1,3,7,14H,2,4-6H2,(H2,10,11,12)/t7-/m0/s1. The maximum absolute atomic E-state index is 9.33. The van der Waals surface area contributed by atoms with Crippen LogP contribution in [0.1, 0.15) is 12.2 Å². The molecule has 1 aliphatic heterocycles. The zero-order valence-electron chi connectivity index (χ0n) is 7.93. The number of β-amino-alcohol motifs (C(OH)–C–C–N with tert-alkyl or cyclic N) is 1. The molecule has 3 N–H and O–H groups in total. The summed E-state index contributed by atoms with van der Waals surface area (Å²) in [6.07, 6.45) is 2.29. The van der Waals surface area contributed by atoms with Crippen LogP contribution in [0.4, 0.5) is 5.82 Å². The average Bonchev–Trinajstić information content (AvgIpc) is 2.51. The molecule has 5 nitrogen and oxygen atoms in total. The number of aromatic nitrogens is 2. The van der Waals surface area contributed by atoms with Gasteiger partial charge in [-0.15, -0.1) is 0 Å². The van der Waals surface area contributed by atoms with Crippen molar-refractivity contribution in [1.29, 1.82) is 0 Å². The fourth-order valence-electron chi connectivity index (χ4n) is 1.65. The minimum atomic E-state index is -0.198. The Morgan fingerprint density at radius 1 is 1.64 bits per heavy atom. The number of hydrogen-bond acceptors (Lipinski definition) is 5. The summed E-state index contributed by atoms with van der Waals surface area (Å²) in [6, 6.07) is 1.67. The van der Waals surface area contributed by atoms with Gasteiger partial charge in [-0.3, -0.25) is 4.90 Å². The highest BCUT2D eigenvalue weighted by Crippen LogP contribution is 2.11. The van der Waals surface area contributed by atoms with Gasteiger partial charge in [0.05, 0.1) is 12.6 Å². The largest absolute Gasteiger partial charge is 0.392 e. The SMILES string of the molecule is Nc1ccnc(CN2CC[C@H](O)C2)n1. The third-order valence-electron chi connectivity index (χ3n) is 2.34. The molecule has 76 valence electrons. The smallest absolute Gasteiger partial charge is 0.144 e. The Balaban J connectivity index is 1.97. The van der Waals surface area contributed by atoms with Gasteiger partial charge in [0.25, 0.3) is 0 Å². The van der Waals surface area contributed by atoms with Crippen molar-refractivity contribution in [2.24, 2.45) is 0 Å². The minimum absolute atomic E-state index is 0.198. The van der Waals surface area contributed by atoms with E-state index in [0.29, 0.717) is 18.9 Å². The molecule has 1 aromatic rings. The van der Waals surface area contributed by atoms with Crippen LogP contribution < -0.4 is 5.73 Å². The summed E-state index contributed by atoms with van der Waals surface area (Å²) >= 11 is 0. The molecule has 0 aromatic carbocycles. The van der Waals surface area contributed by atoms with Gasteiger partial charge in [0.2, 0.25) is 0 Å². The number of aliphatic hydroxyl groups is 1. The molecule has 0 bridgehead atoms. The number of anilines is 1. The maximum atomic E-state index is 9.33. The lowest BCUT2D eigenvalue weighted by Gasteiger charge is -2.13. The van der Waals surface area contributed by atoms with Crippen molar-refractivity contribution >= 4 is 5.82 Å². The van der Waals surface area contributed by atoms with Crippen LogP contribution in [0.15, 0.2) is 12.3 Å². The summed E-state index contributed by atoms with van der Waals surface area (Å²) < 4.78 is 0. The van der Waals surface area contributed by atoms with Crippen molar-refractivity contribution in [3.63, 3.8) is 0 Å². The molecule has 0 unspecified atom stereocenters. The number of nitrogens with zero attached hydrogens (tertiary/aromatic N) is 3. The van der Waals surface area contributed by atoms with Gasteiger partial charge >= 0.3 is 0 Å². The van der Waals surface area contributed by atoms with E-state index in [-0.39, 0.29) is 6.10 Å². The summed E-state index contributed by atoms with van der Waals surface area (Å²) in [5.74, 6) is 1.22. The molecule has 1 aliphatic rings. The van der Waals surface area contributed by atoms with Crippen molar-refractivity contribution in [2.45, 2.75) is 19.1 Å². The summed E-state index contributed by atoms with van der Waals surface area (Å²) in [4.78, 5) is 10.3. The number of aliphatic hydroxyl groups excluding tert-OH is 1. The Morgan fingerprint density at radius 3 is 3.14 bits per heavy atom. The van der Waals surface area contributed by atoms with E-state index in [4.69, 9.17) is 5.73 Å². The summed E-state index contributed by atoms with van der Waals surface area (Å²) in [7, 11) is 0. The molecule has 1 saturated heterocycles. The van der Waals surface area contributed by atoms with Gasteiger partial charge < -0.3 is 10.8 Å². The summed E-state index contributed by atoms with van der Waals surface area (Å²) in [5, 5.41) is 9.33. The zero-order valence-corrected chi connectivity index (χ0v) is 7.93. The molecule has 1 atom stereocenters. The highest BCUT2D eigenvalue weighted by atomic mass is 16.3. The van der Waals surface area contributed by atoms with E-state index < -0.39 is 0 Å². The van der Waals surface area contributed by atoms with Crippen molar-refractivity contribution in [1.82, 2.24) is 14.9 Å². The van der Waals surface area contributed by atoms with Crippen LogP contribution in [0, 0.1) is 0 Å². The molecule has 0 saturated carbocycles. The van der Waals surface area contributed by atoms with Crippen molar-refractivity contribution in [3.05, 3.63) is 18.1 Å². The second-order valence-corrected chi connectivity index (χ2v) is 3.58. The number of nitrogens with two attached hydrogens (primary N) is 1. The first-order valence-corrected chi connectivity index (χ1v) is 4.72. The van der Waals surface area contributed by atoms with Gasteiger partial charge in [0, 0.05) is 19.3 Å². The predicted octanol–water partition coefficient (Wildman–Crippen LogP) is -0.375. The van der Waals surface area contributed by atoms with E-state index in [9.17, 15) is 5.11 Å². The molecular formula is C9H14N4O. The predicted molar refractivity (Wildman–Crippen MR) is 52.3 cm³/mol. The van der Waals surface area contributed by atoms with Gasteiger partial charge in [-0.25, -0.2) is 9.97 Å². The van der Waals surface area contributed by atoms with Crippen LogP contribution >= 0.6 is 0 Å². The normalized spacial score (nSPS) is 22.8. The first kappa shape index (κ1) is 9.36. The second-order valence-electron chi connectivity index (χ2n) is 3.58. The van der Waals surface area contributed by atoms with E-state index >= 15 is 0 Å². The fraction of sp³-hybridized carbons (Fsp3) is 0.556. The van der Waals surface area contributed by atoms with E-state index in [1.54, 1.807) is 12.3 Å². The molecule has 0 spiro atoms. The van der Waals surface area contributed by atoms with Gasteiger partial charge in [-0.1, -0.05) is 0 Å². The van der Waals surface area contributed by atoms with Crippen LogP contribution in [0.5, 0.6) is 0 Å². The van der Waals surface area contributed by atoms with E-state index in [1.807, 2.05) is 0 Å². The number of hydrogen-bond donors (Lipinski definition) is 2. The van der Waals surface area contributed by atoms with Gasteiger partial charge in [0.15, 0.2) is 0 Å².